The first-order valence-corrected chi connectivity index (χ1v) is 14.2. The topological polar surface area (TPSA) is 92.3 Å². The zero-order valence-corrected chi connectivity index (χ0v) is 23.9. The molecule has 0 aromatic heterocycles. The molecule has 0 fully saturated rings. The molecule has 4 aromatic carbocycles. The molecule has 206 valence electrons. The molecule has 1 unspecified atom stereocenters. The lowest BCUT2D eigenvalue weighted by molar-refractivity contribution is -0.118. The highest BCUT2D eigenvalue weighted by molar-refractivity contribution is 8.00. The van der Waals surface area contributed by atoms with E-state index in [9.17, 15) is 19.2 Å². The molecule has 1 aliphatic carbocycles. The summed E-state index contributed by atoms with van der Waals surface area (Å²) in [7, 11) is 0. The maximum atomic E-state index is 13.8. The van der Waals surface area contributed by atoms with Gasteiger partial charge in [0.1, 0.15) is 5.25 Å². The van der Waals surface area contributed by atoms with E-state index in [2.05, 4.69) is 10.6 Å². The molecule has 4 aromatic rings. The zero-order chi connectivity index (χ0) is 29.1. The molecule has 0 heterocycles. The van der Waals surface area contributed by atoms with Gasteiger partial charge in [0.05, 0.1) is 11.3 Å². The Morgan fingerprint density at radius 3 is 1.98 bits per heavy atom. The molecule has 5 rings (SSSR count). The summed E-state index contributed by atoms with van der Waals surface area (Å²) < 4.78 is 0. The van der Waals surface area contributed by atoms with Crippen molar-refractivity contribution in [3.8, 4) is 0 Å². The molecule has 2 N–H and O–H groups in total. The molecule has 7 heteroatoms. The maximum absolute atomic E-state index is 13.8. The summed E-state index contributed by atoms with van der Waals surface area (Å²) in [5.41, 5.74) is 2.84. The fourth-order valence-electron chi connectivity index (χ4n) is 4.79. The predicted molar refractivity (Wildman–Crippen MR) is 163 cm³/mol. The minimum absolute atomic E-state index is 0.0544. The third-order valence-electron chi connectivity index (χ3n) is 6.63. The number of anilines is 2. The van der Waals surface area contributed by atoms with Crippen molar-refractivity contribution in [2.45, 2.75) is 37.3 Å². The van der Waals surface area contributed by atoms with Gasteiger partial charge in [0.25, 0.3) is 0 Å². The van der Waals surface area contributed by atoms with Crippen LogP contribution in [-0.4, -0.2) is 23.4 Å². The van der Waals surface area contributed by atoms with Crippen LogP contribution in [0.15, 0.2) is 102 Å². The van der Waals surface area contributed by atoms with E-state index < -0.39 is 5.25 Å². The van der Waals surface area contributed by atoms with Gasteiger partial charge >= 0.3 is 0 Å². The number of benzene rings is 4. The van der Waals surface area contributed by atoms with Gasteiger partial charge in [-0.25, -0.2) is 0 Å². The first-order valence-electron chi connectivity index (χ1n) is 13.3. The van der Waals surface area contributed by atoms with Crippen molar-refractivity contribution in [1.82, 2.24) is 0 Å². The predicted octanol–water partition coefficient (Wildman–Crippen LogP) is 7.31. The van der Waals surface area contributed by atoms with Gasteiger partial charge in [-0.15, -0.1) is 11.8 Å². The van der Waals surface area contributed by atoms with Crippen molar-refractivity contribution in [2.75, 3.05) is 10.6 Å². The van der Waals surface area contributed by atoms with Crippen LogP contribution in [0.1, 0.15) is 69.8 Å². The molecule has 0 saturated heterocycles. The number of carbonyl (C=O) groups excluding carboxylic acids is 4. The summed E-state index contributed by atoms with van der Waals surface area (Å²) in [6.45, 7) is 6.04. The van der Waals surface area contributed by atoms with E-state index in [1.54, 1.807) is 42.5 Å². The summed E-state index contributed by atoms with van der Waals surface area (Å²) in [4.78, 5) is 53.6. The van der Waals surface area contributed by atoms with E-state index in [4.69, 9.17) is 0 Å². The quantitative estimate of drug-likeness (QED) is 0.203. The number of amides is 2. The number of hydrogen-bond donors (Lipinski definition) is 2. The second-order valence-electron chi connectivity index (χ2n) is 11.1. The molecule has 1 atom stereocenters. The summed E-state index contributed by atoms with van der Waals surface area (Å²) in [5.74, 6) is -0.911. The van der Waals surface area contributed by atoms with Crippen LogP contribution < -0.4 is 10.6 Å². The smallest absolute Gasteiger partial charge is 0.242 e. The minimum atomic E-state index is -0.643. The zero-order valence-electron chi connectivity index (χ0n) is 23.1. The standard InChI is InChI=1S/C34H30N2O4S/c1-34(2,3)20-28(37)35-22-16-18-23(19-17-22)41-32(21-10-5-4-6-11-21)33(40)36-27-15-9-14-26-29(27)31(39)25-13-8-7-12-24(25)30(26)38/h4-19,32H,20H2,1-3H3,(H,35,37)(H,36,40). The van der Waals surface area contributed by atoms with Crippen LogP contribution in [0.25, 0.3) is 0 Å². The lowest BCUT2D eigenvalue weighted by Crippen LogP contribution is -2.25. The van der Waals surface area contributed by atoms with Crippen LogP contribution in [0.3, 0.4) is 0 Å². The van der Waals surface area contributed by atoms with E-state index in [-0.39, 0.29) is 39.9 Å². The van der Waals surface area contributed by atoms with Gasteiger partial charge in [0, 0.05) is 33.7 Å². The van der Waals surface area contributed by atoms with Crippen LogP contribution in [0, 0.1) is 5.41 Å². The number of rotatable bonds is 7. The number of thioether (sulfide) groups is 1. The second kappa shape index (κ2) is 11.6. The van der Waals surface area contributed by atoms with Gasteiger partial charge in [-0.3, -0.25) is 19.2 Å². The summed E-state index contributed by atoms with van der Waals surface area (Å²) in [6.07, 6.45) is 0.405. The SMILES string of the molecule is CC(C)(C)CC(=O)Nc1ccc(SC(C(=O)Nc2cccc3c2C(=O)c2ccccc2C3=O)c2ccccc2)cc1. The van der Waals surface area contributed by atoms with Gasteiger partial charge in [-0.2, -0.15) is 0 Å². The molecule has 0 aliphatic heterocycles. The van der Waals surface area contributed by atoms with Gasteiger partial charge in [0.15, 0.2) is 11.6 Å². The molecule has 1 aliphatic rings. The first-order chi connectivity index (χ1) is 19.6. The highest BCUT2D eigenvalue weighted by Gasteiger charge is 2.32. The van der Waals surface area contributed by atoms with Crippen LogP contribution in [0.4, 0.5) is 11.4 Å². The van der Waals surface area contributed by atoms with Crippen LogP contribution in [0.2, 0.25) is 0 Å². The fourth-order valence-corrected chi connectivity index (χ4v) is 5.81. The number of fused-ring (bicyclic) bond motifs is 2. The van der Waals surface area contributed by atoms with E-state index in [0.717, 1.165) is 10.5 Å². The Balaban J connectivity index is 1.39. The molecule has 0 spiro atoms. The Hall–Kier alpha value is -4.49. The average molecular weight is 563 g/mol. The molecule has 6 nitrogen and oxygen atoms in total. The lowest BCUT2D eigenvalue weighted by atomic mass is 9.83. The highest BCUT2D eigenvalue weighted by Crippen LogP contribution is 2.38. The van der Waals surface area contributed by atoms with Crippen molar-refractivity contribution in [3.05, 3.63) is 125 Å². The Labute approximate surface area is 243 Å². The summed E-state index contributed by atoms with van der Waals surface area (Å²) in [5, 5.41) is 5.22. The summed E-state index contributed by atoms with van der Waals surface area (Å²) >= 11 is 1.36. The summed E-state index contributed by atoms with van der Waals surface area (Å²) in [6, 6.07) is 28.4. The second-order valence-corrected chi connectivity index (χ2v) is 12.3. The molecule has 2 amide bonds. The van der Waals surface area contributed by atoms with Crippen molar-refractivity contribution in [2.24, 2.45) is 5.41 Å². The highest BCUT2D eigenvalue weighted by atomic mass is 32.2. The van der Waals surface area contributed by atoms with Gasteiger partial charge in [-0.1, -0.05) is 87.5 Å². The molecular formula is C34H30N2O4S. The van der Waals surface area contributed by atoms with Crippen molar-refractivity contribution in [1.29, 1.82) is 0 Å². The van der Waals surface area contributed by atoms with Crippen LogP contribution in [-0.2, 0) is 9.59 Å². The van der Waals surface area contributed by atoms with Gasteiger partial charge < -0.3 is 10.6 Å². The largest absolute Gasteiger partial charge is 0.326 e. The number of nitrogens with one attached hydrogen (secondary N) is 2. The number of hydrogen-bond acceptors (Lipinski definition) is 5. The molecular weight excluding hydrogens is 532 g/mol. The normalized spacial score (nSPS) is 13.1. The molecule has 0 saturated carbocycles. The van der Waals surface area contributed by atoms with E-state index in [1.807, 2.05) is 75.4 Å². The fraction of sp³-hybridized carbons (Fsp3) is 0.176. The Bertz CT molecular complexity index is 1640. The van der Waals surface area contributed by atoms with E-state index in [0.29, 0.717) is 28.9 Å². The van der Waals surface area contributed by atoms with Crippen molar-refractivity contribution in [3.63, 3.8) is 0 Å². The number of carbonyl (C=O) groups is 4. The molecule has 0 radical (unpaired) electrons. The lowest BCUT2D eigenvalue weighted by Gasteiger charge is -2.22. The Morgan fingerprint density at radius 2 is 1.32 bits per heavy atom. The third-order valence-corrected chi connectivity index (χ3v) is 7.90. The van der Waals surface area contributed by atoms with Crippen LogP contribution in [0.5, 0.6) is 0 Å². The number of ketones is 2. The Kier molecular flexibility index (Phi) is 7.90. The third kappa shape index (κ3) is 6.31. The van der Waals surface area contributed by atoms with Crippen molar-refractivity contribution >= 4 is 46.5 Å². The minimum Gasteiger partial charge on any atom is -0.326 e. The van der Waals surface area contributed by atoms with Gasteiger partial charge in [-0.05, 0) is 41.3 Å². The van der Waals surface area contributed by atoms with Crippen molar-refractivity contribution < 1.29 is 19.2 Å². The van der Waals surface area contributed by atoms with Gasteiger partial charge in [0.2, 0.25) is 11.8 Å². The molecule has 41 heavy (non-hydrogen) atoms. The first kappa shape index (κ1) is 28.1. The molecule has 0 bridgehead atoms. The van der Waals surface area contributed by atoms with E-state index >= 15 is 0 Å². The monoisotopic (exact) mass is 562 g/mol. The van der Waals surface area contributed by atoms with E-state index in [1.165, 1.54) is 11.8 Å². The van der Waals surface area contributed by atoms with Crippen LogP contribution >= 0.6 is 11.8 Å². The average Bonchev–Trinajstić information content (AvgIpc) is 2.95. The Morgan fingerprint density at radius 1 is 0.707 bits per heavy atom. The maximum Gasteiger partial charge on any atom is 0.242 e.